The minimum absolute atomic E-state index is 0.448. The van der Waals surface area contributed by atoms with Crippen LogP contribution < -0.4 is 0 Å². The third-order valence-corrected chi connectivity index (χ3v) is 3.90. The standard InChI is InChI=1S/C6H15N2P/c1-7-9(2)8-5-3-4-6-8/h9H,3-6H2,1-2H3. The van der Waals surface area contributed by atoms with Gasteiger partial charge >= 0.3 is 0 Å². The van der Waals surface area contributed by atoms with E-state index in [4.69, 9.17) is 0 Å². The lowest BCUT2D eigenvalue weighted by Crippen LogP contribution is -2.07. The highest BCUT2D eigenvalue weighted by atomic mass is 31.1. The second-order valence-corrected chi connectivity index (χ2v) is 4.64. The van der Waals surface area contributed by atoms with E-state index in [1.165, 1.54) is 25.9 Å². The maximum Gasteiger partial charge on any atom is 0.0274 e. The Morgan fingerprint density at radius 3 is 2.33 bits per heavy atom. The fraction of sp³-hybridized carbons (Fsp3) is 1.00. The molecule has 1 unspecified atom stereocenters. The summed E-state index contributed by atoms with van der Waals surface area (Å²) in [5.41, 5.74) is 0. The molecule has 3 heteroatoms. The molecule has 0 aromatic carbocycles. The van der Waals surface area contributed by atoms with Gasteiger partial charge in [-0.2, -0.15) is 0 Å². The SMILES string of the molecule is C/N=[PH](/C)N1CCCC1. The van der Waals surface area contributed by atoms with E-state index in [1.54, 1.807) is 0 Å². The summed E-state index contributed by atoms with van der Waals surface area (Å²) in [5.74, 6) is 0. The highest BCUT2D eigenvalue weighted by Crippen LogP contribution is 2.29. The first-order valence-electron chi connectivity index (χ1n) is 3.53. The predicted octanol–water partition coefficient (Wildman–Crippen LogP) is 1.65. The molecule has 0 radical (unpaired) electrons. The fourth-order valence-corrected chi connectivity index (χ4v) is 2.43. The van der Waals surface area contributed by atoms with Crippen molar-refractivity contribution >= 4 is 7.86 Å². The monoisotopic (exact) mass is 146 g/mol. The molecule has 2 nitrogen and oxygen atoms in total. The van der Waals surface area contributed by atoms with Crippen molar-refractivity contribution in [2.75, 3.05) is 26.8 Å². The maximum absolute atomic E-state index is 4.30. The van der Waals surface area contributed by atoms with Crippen LogP contribution in [0.15, 0.2) is 4.74 Å². The smallest absolute Gasteiger partial charge is 0.0274 e. The lowest BCUT2D eigenvalue weighted by Gasteiger charge is -2.13. The van der Waals surface area contributed by atoms with Gasteiger partial charge in [0.05, 0.1) is 0 Å². The predicted molar refractivity (Wildman–Crippen MR) is 43.4 cm³/mol. The van der Waals surface area contributed by atoms with Gasteiger partial charge in [-0.25, -0.2) is 0 Å². The van der Waals surface area contributed by atoms with Gasteiger partial charge in [0.2, 0.25) is 0 Å². The molecule has 1 fully saturated rings. The van der Waals surface area contributed by atoms with Crippen molar-refractivity contribution in [2.24, 2.45) is 4.74 Å². The third kappa shape index (κ3) is 1.80. The van der Waals surface area contributed by atoms with Crippen LogP contribution in [0.5, 0.6) is 0 Å². The zero-order valence-corrected chi connectivity index (χ0v) is 7.22. The van der Waals surface area contributed by atoms with E-state index in [2.05, 4.69) is 16.1 Å². The summed E-state index contributed by atoms with van der Waals surface area (Å²) in [7, 11) is 1.49. The Balaban J connectivity index is 2.42. The fourth-order valence-electron chi connectivity index (χ4n) is 1.18. The van der Waals surface area contributed by atoms with E-state index < -0.39 is 7.86 Å². The largest absolute Gasteiger partial charge is 0.295 e. The second kappa shape index (κ2) is 3.38. The highest BCUT2D eigenvalue weighted by Gasteiger charge is 2.11. The van der Waals surface area contributed by atoms with Gasteiger partial charge in [-0.3, -0.25) is 9.42 Å². The van der Waals surface area contributed by atoms with Crippen molar-refractivity contribution in [1.29, 1.82) is 0 Å². The molecule has 0 spiro atoms. The maximum atomic E-state index is 4.30. The van der Waals surface area contributed by atoms with Gasteiger partial charge in [0.1, 0.15) is 0 Å². The van der Waals surface area contributed by atoms with Crippen molar-refractivity contribution in [3.8, 4) is 0 Å². The second-order valence-electron chi connectivity index (χ2n) is 2.46. The number of hydrogen-bond acceptors (Lipinski definition) is 1. The molecule has 1 aliphatic rings. The van der Waals surface area contributed by atoms with E-state index in [0.29, 0.717) is 0 Å². The number of rotatable bonds is 1. The topological polar surface area (TPSA) is 15.6 Å². The minimum atomic E-state index is -0.448. The van der Waals surface area contributed by atoms with Gasteiger partial charge in [0.15, 0.2) is 0 Å². The van der Waals surface area contributed by atoms with Crippen LogP contribution in [0, 0.1) is 0 Å². The van der Waals surface area contributed by atoms with Crippen molar-refractivity contribution in [3.05, 3.63) is 0 Å². The minimum Gasteiger partial charge on any atom is -0.295 e. The number of nitrogens with zero attached hydrogens (tertiary/aromatic N) is 2. The summed E-state index contributed by atoms with van der Waals surface area (Å²) in [6.45, 7) is 4.85. The molecule has 1 saturated heterocycles. The Morgan fingerprint density at radius 1 is 1.33 bits per heavy atom. The van der Waals surface area contributed by atoms with E-state index in [1.807, 2.05) is 7.05 Å². The molecule has 1 rings (SSSR count). The summed E-state index contributed by atoms with van der Waals surface area (Å²) < 4.78 is 6.82. The van der Waals surface area contributed by atoms with Crippen LogP contribution in [-0.2, 0) is 0 Å². The first kappa shape index (κ1) is 7.30. The molecule has 0 bridgehead atoms. The van der Waals surface area contributed by atoms with Crippen LogP contribution in [0.1, 0.15) is 12.8 Å². The zero-order chi connectivity index (χ0) is 6.69. The van der Waals surface area contributed by atoms with Gasteiger partial charge in [-0.1, -0.05) is 0 Å². The average Bonchev–Trinajstić information content (AvgIpc) is 2.37. The molecular formula is C6H15N2P. The van der Waals surface area contributed by atoms with Crippen LogP contribution in [0.25, 0.3) is 0 Å². The van der Waals surface area contributed by atoms with Crippen LogP contribution >= 0.6 is 7.86 Å². The third-order valence-electron chi connectivity index (χ3n) is 1.89. The molecule has 0 amide bonds. The molecule has 0 aromatic heterocycles. The van der Waals surface area contributed by atoms with Crippen molar-refractivity contribution in [2.45, 2.75) is 12.8 Å². The molecule has 0 aliphatic carbocycles. The average molecular weight is 146 g/mol. The molecule has 1 atom stereocenters. The molecule has 9 heavy (non-hydrogen) atoms. The Bertz CT molecular complexity index is 116. The normalized spacial score (nSPS) is 25.1. The molecule has 1 heterocycles. The van der Waals surface area contributed by atoms with E-state index >= 15 is 0 Å². The molecule has 54 valence electrons. The highest BCUT2D eigenvalue weighted by molar-refractivity contribution is 7.43. The van der Waals surface area contributed by atoms with Crippen LogP contribution in [0.4, 0.5) is 0 Å². The number of hydrogen-bond donors (Lipinski definition) is 0. The Kier molecular flexibility index (Phi) is 2.74. The molecular weight excluding hydrogens is 131 g/mol. The Hall–Kier alpha value is 0.190. The summed E-state index contributed by atoms with van der Waals surface area (Å²) in [6, 6.07) is 0. The lowest BCUT2D eigenvalue weighted by molar-refractivity contribution is 0.572. The van der Waals surface area contributed by atoms with Crippen LogP contribution in [-0.4, -0.2) is 31.5 Å². The Morgan fingerprint density at radius 2 is 1.89 bits per heavy atom. The van der Waals surface area contributed by atoms with Crippen LogP contribution in [0.3, 0.4) is 0 Å². The van der Waals surface area contributed by atoms with E-state index in [9.17, 15) is 0 Å². The lowest BCUT2D eigenvalue weighted by atomic mass is 10.4. The van der Waals surface area contributed by atoms with E-state index in [-0.39, 0.29) is 0 Å². The van der Waals surface area contributed by atoms with Gasteiger partial charge in [-0.15, -0.1) is 0 Å². The molecule has 0 aromatic rings. The van der Waals surface area contributed by atoms with Gasteiger partial charge in [0, 0.05) is 28.0 Å². The summed E-state index contributed by atoms with van der Waals surface area (Å²) >= 11 is 0. The van der Waals surface area contributed by atoms with Gasteiger partial charge in [-0.05, 0) is 19.5 Å². The molecule has 1 aliphatic heterocycles. The van der Waals surface area contributed by atoms with Crippen LogP contribution in [0.2, 0.25) is 0 Å². The van der Waals surface area contributed by atoms with Crippen molar-refractivity contribution in [3.63, 3.8) is 0 Å². The Labute approximate surface area is 57.8 Å². The zero-order valence-electron chi connectivity index (χ0n) is 6.22. The van der Waals surface area contributed by atoms with Crippen molar-refractivity contribution in [1.82, 2.24) is 4.67 Å². The van der Waals surface area contributed by atoms with Gasteiger partial charge in [0.25, 0.3) is 0 Å². The van der Waals surface area contributed by atoms with E-state index in [0.717, 1.165) is 0 Å². The summed E-state index contributed by atoms with van der Waals surface area (Å²) in [4.78, 5) is 0. The van der Waals surface area contributed by atoms with Gasteiger partial charge < -0.3 is 0 Å². The summed E-state index contributed by atoms with van der Waals surface area (Å²) in [5, 5.41) is 0. The quantitative estimate of drug-likeness (QED) is 0.513. The summed E-state index contributed by atoms with van der Waals surface area (Å²) in [6.07, 6.45) is 2.77. The first-order valence-corrected chi connectivity index (χ1v) is 5.42. The van der Waals surface area contributed by atoms with Crippen molar-refractivity contribution < 1.29 is 0 Å². The first-order chi connectivity index (χ1) is 4.34. The molecule has 0 N–H and O–H groups in total. The molecule has 0 saturated carbocycles.